The molecule has 0 aromatic heterocycles. The third-order valence-corrected chi connectivity index (χ3v) is 6.21. The molecule has 1 fully saturated rings. The number of rotatable bonds is 7. The van der Waals surface area contributed by atoms with Gasteiger partial charge in [-0.05, 0) is 23.8 Å². The van der Waals surface area contributed by atoms with Crippen molar-refractivity contribution < 1.29 is 17.9 Å². The van der Waals surface area contributed by atoms with Gasteiger partial charge in [0, 0.05) is 43.3 Å². The number of nitrogens with zero attached hydrogens (tertiary/aromatic N) is 2. The normalized spacial score (nSPS) is 16.0. The highest BCUT2D eigenvalue weighted by molar-refractivity contribution is 7.92. The Morgan fingerprint density at radius 3 is 2.48 bits per heavy atom. The number of amides is 1. The molecule has 1 N–H and O–H groups in total. The molecular formula is C21H25N3O4S. The van der Waals surface area contributed by atoms with Crippen LogP contribution in [0.4, 0.5) is 5.69 Å². The number of nitrogens with one attached hydrogen (secondary N) is 1. The largest absolute Gasteiger partial charge is 0.497 e. The van der Waals surface area contributed by atoms with Gasteiger partial charge in [0.1, 0.15) is 5.75 Å². The molecule has 1 aliphatic rings. The van der Waals surface area contributed by atoms with Crippen molar-refractivity contribution in [2.45, 2.75) is 0 Å². The van der Waals surface area contributed by atoms with Gasteiger partial charge >= 0.3 is 0 Å². The fraction of sp³-hybridized carbons (Fsp3) is 0.286. The SMILES string of the molecule is COc1cccc(NC(=O)CN2CCN(S(=O)(=O)/C=C\c3ccccc3)CC2)c1. The first kappa shape index (κ1) is 21.0. The maximum Gasteiger partial charge on any atom is 0.238 e. The second-order valence-corrected chi connectivity index (χ2v) is 8.53. The monoisotopic (exact) mass is 415 g/mol. The maximum absolute atomic E-state index is 12.5. The second-order valence-electron chi connectivity index (χ2n) is 6.71. The molecule has 0 saturated carbocycles. The van der Waals surface area contributed by atoms with Gasteiger partial charge < -0.3 is 10.1 Å². The van der Waals surface area contributed by atoms with Crippen molar-refractivity contribution in [3.8, 4) is 5.75 Å². The Morgan fingerprint density at radius 1 is 1.07 bits per heavy atom. The smallest absolute Gasteiger partial charge is 0.238 e. The van der Waals surface area contributed by atoms with Crippen molar-refractivity contribution in [2.24, 2.45) is 0 Å². The van der Waals surface area contributed by atoms with E-state index in [1.165, 1.54) is 9.71 Å². The number of sulfonamides is 1. The van der Waals surface area contributed by atoms with Crippen LogP contribution in [0.2, 0.25) is 0 Å². The number of anilines is 1. The summed E-state index contributed by atoms with van der Waals surface area (Å²) in [5.74, 6) is 0.531. The second kappa shape index (κ2) is 9.69. The maximum atomic E-state index is 12.5. The number of piperazine rings is 1. The Hall–Kier alpha value is -2.68. The Bertz CT molecular complexity index is 953. The molecule has 1 aliphatic heterocycles. The quantitative estimate of drug-likeness (QED) is 0.750. The van der Waals surface area contributed by atoms with E-state index in [4.69, 9.17) is 4.74 Å². The van der Waals surface area contributed by atoms with Crippen molar-refractivity contribution >= 4 is 27.7 Å². The number of carbonyl (C=O) groups is 1. The van der Waals surface area contributed by atoms with Crippen LogP contribution in [0.15, 0.2) is 60.0 Å². The molecule has 8 heteroatoms. The summed E-state index contributed by atoms with van der Waals surface area (Å²) in [4.78, 5) is 14.2. The highest BCUT2D eigenvalue weighted by Crippen LogP contribution is 2.17. The molecule has 29 heavy (non-hydrogen) atoms. The van der Waals surface area contributed by atoms with Crippen LogP contribution in [0.1, 0.15) is 5.56 Å². The lowest BCUT2D eigenvalue weighted by Crippen LogP contribution is -2.49. The third kappa shape index (κ3) is 6.15. The van der Waals surface area contributed by atoms with E-state index in [2.05, 4.69) is 5.32 Å². The zero-order valence-electron chi connectivity index (χ0n) is 16.3. The van der Waals surface area contributed by atoms with E-state index in [0.717, 1.165) is 5.56 Å². The Labute approximate surface area is 171 Å². The number of hydrogen-bond donors (Lipinski definition) is 1. The van der Waals surface area contributed by atoms with Crippen LogP contribution in [0, 0.1) is 0 Å². The number of ether oxygens (including phenoxy) is 1. The molecule has 0 spiro atoms. The van der Waals surface area contributed by atoms with Crippen LogP contribution in [-0.2, 0) is 14.8 Å². The van der Waals surface area contributed by atoms with Gasteiger partial charge in [0.25, 0.3) is 0 Å². The van der Waals surface area contributed by atoms with E-state index in [1.54, 1.807) is 31.4 Å². The zero-order valence-corrected chi connectivity index (χ0v) is 17.1. The first-order chi connectivity index (χ1) is 14.0. The summed E-state index contributed by atoms with van der Waals surface area (Å²) in [6, 6.07) is 16.5. The summed E-state index contributed by atoms with van der Waals surface area (Å²) in [5, 5.41) is 4.08. The molecule has 1 heterocycles. The average Bonchev–Trinajstić information content (AvgIpc) is 2.73. The number of carbonyl (C=O) groups excluding carboxylic acids is 1. The summed E-state index contributed by atoms with van der Waals surface area (Å²) in [6.07, 6.45) is 1.60. The number of benzene rings is 2. The molecule has 1 saturated heterocycles. The van der Waals surface area contributed by atoms with Crippen LogP contribution in [0.3, 0.4) is 0 Å². The van der Waals surface area contributed by atoms with Crippen molar-refractivity contribution in [2.75, 3.05) is 45.2 Å². The van der Waals surface area contributed by atoms with Gasteiger partial charge in [0.2, 0.25) is 15.9 Å². The van der Waals surface area contributed by atoms with Gasteiger partial charge in [-0.3, -0.25) is 9.69 Å². The molecule has 0 unspecified atom stereocenters. The Kier molecular flexibility index (Phi) is 7.03. The fourth-order valence-corrected chi connectivity index (χ4v) is 4.23. The highest BCUT2D eigenvalue weighted by Gasteiger charge is 2.25. The van der Waals surface area contributed by atoms with Gasteiger partial charge in [-0.25, -0.2) is 8.42 Å². The molecule has 7 nitrogen and oxygen atoms in total. The predicted octanol–water partition coefficient (Wildman–Crippen LogP) is 2.25. The van der Waals surface area contributed by atoms with Gasteiger partial charge in [0.15, 0.2) is 0 Å². The summed E-state index contributed by atoms with van der Waals surface area (Å²) >= 11 is 0. The van der Waals surface area contributed by atoms with Gasteiger partial charge in [-0.1, -0.05) is 36.4 Å². The first-order valence-electron chi connectivity index (χ1n) is 9.36. The van der Waals surface area contributed by atoms with Crippen molar-refractivity contribution in [1.82, 2.24) is 9.21 Å². The molecule has 0 aliphatic carbocycles. The molecule has 2 aromatic rings. The minimum atomic E-state index is -3.48. The number of hydrogen-bond acceptors (Lipinski definition) is 5. The topological polar surface area (TPSA) is 79.0 Å². The molecule has 3 rings (SSSR count). The summed E-state index contributed by atoms with van der Waals surface area (Å²) < 4.78 is 31.6. The Balaban J connectivity index is 1.49. The van der Waals surface area contributed by atoms with E-state index in [-0.39, 0.29) is 12.5 Å². The highest BCUT2D eigenvalue weighted by atomic mass is 32.2. The predicted molar refractivity (Wildman–Crippen MR) is 114 cm³/mol. The molecule has 1 amide bonds. The van der Waals surface area contributed by atoms with Crippen molar-refractivity contribution in [3.05, 3.63) is 65.6 Å². The minimum absolute atomic E-state index is 0.140. The molecule has 0 radical (unpaired) electrons. The lowest BCUT2D eigenvalue weighted by atomic mass is 10.2. The van der Waals surface area contributed by atoms with Gasteiger partial charge in [-0.15, -0.1) is 0 Å². The van der Waals surface area contributed by atoms with Crippen LogP contribution in [-0.4, -0.2) is 63.4 Å². The molecule has 154 valence electrons. The summed E-state index contributed by atoms with van der Waals surface area (Å²) in [7, 11) is -1.91. The van der Waals surface area contributed by atoms with Crippen molar-refractivity contribution in [1.29, 1.82) is 0 Å². The minimum Gasteiger partial charge on any atom is -0.497 e. The van der Waals surface area contributed by atoms with E-state index >= 15 is 0 Å². The summed E-state index contributed by atoms with van der Waals surface area (Å²) in [6.45, 7) is 1.93. The fourth-order valence-electron chi connectivity index (χ4n) is 3.06. The lowest BCUT2D eigenvalue weighted by molar-refractivity contribution is -0.117. The molecule has 0 atom stereocenters. The van der Waals surface area contributed by atoms with E-state index in [9.17, 15) is 13.2 Å². The van der Waals surface area contributed by atoms with Gasteiger partial charge in [0.05, 0.1) is 13.7 Å². The third-order valence-electron chi connectivity index (χ3n) is 4.64. The molecular weight excluding hydrogens is 390 g/mol. The standard InChI is InChI=1S/C21H25N3O4S/c1-28-20-9-5-8-19(16-20)22-21(25)17-23-11-13-24(14-12-23)29(26,27)15-10-18-6-3-2-4-7-18/h2-10,15-16H,11-14,17H2,1H3,(H,22,25)/b15-10-. The van der Waals surface area contributed by atoms with E-state index < -0.39 is 10.0 Å². The van der Waals surface area contributed by atoms with Crippen LogP contribution in [0.5, 0.6) is 5.75 Å². The summed E-state index contributed by atoms with van der Waals surface area (Å²) in [5.41, 5.74) is 1.51. The molecule has 0 bridgehead atoms. The van der Waals surface area contributed by atoms with E-state index in [0.29, 0.717) is 37.6 Å². The van der Waals surface area contributed by atoms with E-state index in [1.807, 2.05) is 41.3 Å². The number of methoxy groups -OCH3 is 1. The molecule has 2 aromatic carbocycles. The Morgan fingerprint density at radius 2 is 1.79 bits per heavy atom. The van der Waals surface area contributed by atoms with Crippen LogP contribution >= 0.6 is 0 Å². The average molecular weight is 416 g/mol. The van der Waals surface area contributed by atoms with Crippen LogP contribution < -0.4 is 10.1 Å². The van der Waals surface area contributed by atoms with Crippen molar-refractivity contribution in [3.63, 3.8) is 0 Å². The van der Waals surface area contributed by atoms with Gasteiger partial charge in [-0.2, -0.15) is 4.31 Å². The van der Waals surface area contributed by atoms with Crippen LogP contribution in [0.25, 0.3) is 6.08 Å². The zero-order chi connectivity index (χ0) is 20.7. The first-order valence-corrected chi connectivity index (χ1v) is 10.9. The lowest BCUT2D eigenvalue weighted by Gasteiger charge is -2.32.